The van der Waals surface area contributed by atoms with Crippen LogP contribution in [0.2, 0.25) is 0 Å². The molecule has 1 unspecified atom stereocenters. The number of rotatable bonds is 8. The largest absolute Gasteiger partial charge is 0.493 e. The van der Waals surface area contributed by atoms with Crippen LogP contribution >= 0.6 is 0 Å². The van der Waals surface area contributed by atoms with Gasteiger partial charge in [-0.2, -0.15) is 0 Å². The molecule has 0 bridgehead atoms. The zero-order valence-electron chi connectivity index (χ0n) is 19.2. The number of piperidine rings is 1. The molecule has 174 valence electrons. The fourth-order valence-corrected chi connectivity index (χ4v) is 4.24. The highest BCUT2D eigenvalue weighted by Crippen LogP contribution is 2.33. The summed E-state index contributed by atoms with van der Waals surface area (Å²) in [6.45, 7) is 6.25. The van der Waals surface area contributed by atoms with Crippen LogP contribution in [-0.2, 0) is 0 Å². The third-order valence-corrected chi connectivity index (χ3v) is 6.09. The summed E-state index contributed by atoms with van der Waals surface area (Å²) >= 11 is 0. The molecule has 1 aromatic heterocycles. The van der Waals surface area contributed by atoms with Gasteiger partial charge in [-0.15, -0.1) is 0 Å². The van der Waals surface area contributed by atoms with E-state index in [4.69, 9.17) is 14.0 Å². The fourth-order valence-electron chi connectivity index (χ4n) is 4.24. The molecule has 0 N–H and O–H groups in total. The molecule has 1 aliphatic rings. The van der Waals surface area contributed by atoms with Crippen LogP contribution < -0.4 is 9.47 Å². The quantitative estimate of drug-likeness (QED) is 0.338. The number of carbonyl (C=O) groups excluding carboxylic acids is 1. The lowest BCUT2D eigenvalue weighted by Gasteiger charge is -2.30. The summed E-state index contributed by atoms with van der Waals surface area (Å²) in [6.07, 6.45) is 5.98. The number of methoxy groups -OCH3 is 1. The zero-order valence-corrected chi connectivity index (χ0v) is 19.2. The van der Waals surface area contributed by atoms with Crippen LogP contribution in [0.3, 0.4) is 0 Å². The first-order chi connectivity index (χ1) is 15.9. The van der Waals surface area contributed by atoms with Crippen molar-refractivity contribution in [1.82, 2.24) is 10.1 Å². The molecule has 4 rings (SSSR count). The smallest absolute Gasteiger partial charge is 0.170 e. The highest BCUT2D eigenvalue weighted by atomic mass is 19.1. The summed E-state index contributed by atoms with van der Waals surface area (Å²) in [4.78, 5) is 14.0. The van der Waals surface area contributed by atoms with Crippen LogP contribution in [0.15, 0.2) is 53.1 Å². The van der Waals surface area contributed by atoms with E-state index in [2.05, 4.69) is 16.1 Å². The van der Waals surface area contributed by atoms with Gasteiger partial charge in [0.2, 0.25) is 0 Å². The van der Waals surface area contributed by atoms with Crippen LogP contribution in [-0.4, -0.2) is 48.7 Å². The van der Waals surface area contributed by atoms with Gasteiger partial charge in [0.15, 0.2) is 22.9 Å². The van der Waals surface area contributed by atoms with Crippen LogP contribution in [0, 0.1) is 5.82 Å². The molecule has 1 atom stereocenters. The normalized spacial score (nSPS) is 16.4. The van der Waals surface area contributed by atoms with E-state index in [1.54, 1.807) is 31.4 Å². The maximum absolute atomic E-state index is 13.4. The van der Waals surface area contributed by atoms with Gasteiger partial charge in [0.25, 0.3) is 0 Å². The minimum atomic E-state index is -0.309. The van der Waals surface area contributed by atoms with E-state index >= 15 is 0 Å². The number of Topliss-reactive ketones (excluding diaryl/α,β-unsaturated/α-hetero) is 1. The SMILES string of the molecule is COc1cc(C(C)=O)ccc1OC(C)/C=C\CN1CCC(c2noc3cc(F)ccc23)CC1. The average Bonchev–Trinajstić information content (AvgIpc) is 3.22. The Balaban J connectivity index is 1.28. The highest BCUT2D eigenvalue weighted by Gasteiger charge is 2.24. The van der Waals surface area contributed by atoms with Crippen molar-refractivity contribution in [3.63, 3.8) is 0 Å². The van der Waals surface area contributed by atoms with Gasteiger partial charge in [0.05, 0.1) is 12.8 Å². The van der Waals surface area contributed by atoms with Crippen molar-refractivity contribution in [3.8, 4) is 11.5 Å². The van der Waals surface area contributed by atoms with E-state index in [1.165, 1.54) is 19.1 Å². The minimum Gasteiger partial charge on any atom is -0.493 e. The Kier molecular flexibility index (Phi) is 7.08. The van der Waals surface area contributed by atoms with Gasteiger partial charge in [0, 0.05) is 29.5 Å². The lowest BCUT2D eigenvalue weighted by Crippen LogP contribution is -2.33. The van der Waals surface area contributed by atoms with Crippen molar-refractivity contribution in [3.05, 3.63) is 65.6 Å². The van der Waals surface area contributed by atoms with E-state index in [0.717, 1.165) is 43.6 Å². The number of halogens is 1. The van der Waals surface area contributed by atoms with Crippen molar-refractivity contribution >= 4 is 16.8 Å². The van der Waals surface area contributed by atoms with Crippen molar-refractivity contribution in [2.45, 2.75) is 38.7 Å². The molecule has 0 saturated carbocycles. The van der Waals surface area contributed by atoms with Crippen molar-refractivity contribution in [1.29, 1.82) is 0 Å². The third kappa shape index (κ3) is 5.42. The van der Waals surface area contributed by atoms with E-state index in [-0.39, 0.29) is 17.7 Å². The topological polar surface area (TPSA) is 64.8 Å². The van der Waals surface area contributed by atoms with Gasteiger partial charge in [-0.25, -0.2) is 4.39 Å². The summed E-state index contributed by atoms with van der Waals surface area (Å²) in [6, 6.07) is 9.83. The second kappa shape index (κ2) is 10.2. The molecule has 7 heteroatoms. The number of carbonyl (C=O) groups is 1. The average molecular weight is 453 g/mol. The van der Waals surface area contributed by atoms with E-state index in [9.17, 15) is 9.18 Å². The lowest BCUT2D eigenvalue weighted by atomic mass is 9.91. The number of fused-ring (bicyclic) bond motifs is 1. The fraction of sp³-hybridized carbons (Fsp3) is 0.385. The molecule has 0 amide bonds. The number of benzene rings is 2. The van der Waals surface area contributed by atoms with Gasteiger partial charge in [-0.1, -0.05) is 11.2 Å². The molecule has 2 heterocycles. The number of ether oxygens (including phenoxy) is 2. The Labute approximate surface area is 192 Å². The van der Waals surface area contributed by atoms with Crippen molar-refractivity contribution in [2.24, 2.45) is 0 Å². The van der Waals surface area contributed by atoms with Gasteiger partial charge < -0.3 is 14.0 Å². The Morgan fingerprint density at radius 1 is 1.24 bits per heavy atom. The molecule has 1 aliphatic heterocycles. The van der Waals surface area contributed by atoms with Crippen LogP contribution in [0.5, 0.6) is 11.5 Å². The highest BCUT2D eigenvalue weighted by molar-refractivity contribution is 5.94. The second-order valence-corrected chi connectivity index (χ2v) is 8.46. The molecule has 1 fully saturated rings. The zero-order chi connectivity index (χ0) is 23.4. The first kappa shape index (κ1) is 23.0. The van der Waals surface area contributed by atoms with Gasteiger partial charge in [-0.3, -0.25) is 9.69 Å². The van der Waals surface area contributed by atoms with Gasteiger partial charge >= 0.3 is 0 Å². The van der Waals surface area contributed by atoms with Crippen LogP contribution in [0.1, 0.15) is 48.7 Å². The standard InChI is InChI=1S/C26H29FN2O4/c1-17(32-23-9-6-20(18(2)30)15-25(23)31-3)5-4-12-29-13-10-19(11-14-29)26-22-8-7-21(27)16-24(22)33-28-26/h4-9,15-17,19H,10-14H2,1-3H3/b5-4-. The molecule has 2 aromatic carbocycles. The van der Waals surface area contributed by atoms with Crippen molar-refractivity contribution < 1.29 is 23.2 Å². The van der Waals surface area contributed by atoms with Crippen molar-refractivity contribution in [2.75, 3.05) is 26.7 Å². The number of likely N-dealkylation sites (tertiary alicyclic amines) is 1. The molecule has 1 saturated heterocycles. The number of ketones is 1. The molecular weight excluding hydrogens is 423 g/mol. The Morgan fingerprint density at radius 2 is 2.03 bits per heavy atom. The monoisotopic (exact) mass is 452 g/mol. The first-order valence-corrected chi connectivity index (χ1v) is 11.2. The summed E-state index contributed by atoms with van der Waals surface area (Å²) in [5.41, 5.74) is 2.04. The summed E-state index contributed by atoms with van der Waals surface area (Å²) < 4.78 is 30.1. The summed E-state index contributed by atoms with van der Waals surface area (Å²) in [5, 5.41) is 5.13. The molecular formula is C26H29FN2O4. The molecule has 3 aromatic rings. The van der Waals surface area contributed by atoms with Crippen LogP contribution in [0.4, 0.5) is 4.39 Å². The molecule has 0 spiro atoms. The number of hydrogen-bond acceptors (Lipinski definition) is 6. The van der Waals surface area contributed by atoms with Gasteiger partial charge in [0.1, 0.15) is 11.9 Å². The van der Waals surface area contributed by atoms with E-state index in [1.807, 2.05) is 13.0 Å². The maximum atomic E-state index is 13.4. The maximum Gasteiger partial charge on any atom is 0.170 e. The number of nitrogens with zero attached hydrogens (tertiary/aromatic N) is 2. The predicted molar refractivity (Wildman–Crippen MR) is 125 cm³/mol. The summed E-state index contributed by atoms with van der Waals surface area (Å²) in [5.74, 6) is 1.16. The minimum absolute atomic E-state index is 0.0119. The molecule has 0 aliphatic carbocycles. The molecule has 33 heavy (non-hydrogen) atoms. The Bertz CT molecular complexity index is 1150. The Hall–Kier alpha value is -3.19. The molecule has 0 radical (unpaired) electrons. The molecule has 6 nitrogen and oxygen atoms in total. The Morgan fingerprint density at radius 3 is 2.76 bits per heavy atom. The second-order valence-electron chi connectivity index (χ2n) is 8.46. The first-order valence-electron chi connectivity index (χ1n) is 11.2. The number of aromatic nitrogens is 1. The lowest BCUT2D eigenvalue weighted by molar-refractivity contribution is 0.101. The van der Waals surface area contributed by atoms with Gasteiger partial charge in [-0.05, 0) is 76.2 Å². The summed E-state index contributed by atoms with van der Waals surface area (Å²) in [7, 11) is 1.57. The van der Waals surface area contributed by atoms with E-state index in [0.29, 0.717) is 28.6 Å². The predicted octanol–water partition coefficient (Wildman–Crippen LogP) is 5.38. The number of hydrogen-bond donors (Lipinski definition) is 0. The van der Waals surface area contributed by atoms with Crippen LogP contribution in [0.25, 0.3) is 11.0 Å². The van der Waals surface area contributed by atoms with E-state index < -0.39 is 0 Å². The third-order valence-electron chi connectivity index (χ3n) is 6.09.